The number of halogens is 1. The zero-order valence-electron chi connectivity index (χ0n) is 14.4. The molecule has 0 spiro atoms. The number of carbonyl (C=O) groups is 1. The van der Waals surface area contributed by atoms with E-state index in [4.69, 9.17) is 0 Å². The molecule has 25 heavy (non-hydrogen) atoms. The predicted octanol–water partition coefficient (Wildman–Crippen LogP) is 2.26. The quantitative estimate of drug-likeness (QED) is 0.906. The molecule has 2 heterocycles. The number of pyridine rings is 1. The molecule has 3 rings (SSSR count). The van der Waals surface area contributed by atoms with E-state index in [0.29, 0.717) is 12.2 Å². The fourth-order valence-electron chi connectivity index (χ4n) is 2.83. The van der Waals surface area contributed by atoms with Gasteiger partial charge in [-0.1, -0.05) is 12.1 Å². The molecule has 1 aromatic heterocycles. The number of anilines is 1. The third-order valence-electron chi connectivity index (χ3n) is 4.43. The number of nitrogens with one attached hydrogen (secondary N) is 1. The Morgan fingerprint density at radius 1 is 1.16 bits per heavy atom. The Hall–Kier alpha value is -2.47. The number of aromatic nitrogens is 1. The Balaban J connectivity index is 1.55. The maximum absolute atomic E-state index is 12.9. The lowest BCUT2D eigenvalue weighted by molar-refractivity contribution is 0.0658. The molecule has 1 amide bonds. The summed E-state index contributed by atoms with van der Waals surface area (Å²) in [6.07, 6.45) is 2.44. The average Bonchev–Trinajstić information content (AvgIpc) is 2.64. The van der Waals surface area contributed by atoms with Crippen LogP contribution < -0.4 is 5.32 Å². The Labute approximate surface area is 147 Å². The molecule has 0 aliphatic carbocycles. The van der Waals surface area contributed by atoms with Gasteiger partial charge in [0, 0.05) is 44.6 Å². The van der Waals surface area contributed by atoms with Gasteiger partial charge >= 0.3 is 0 Å². The highest BCUT2D eigenvalue weighted by Gasteiger charge is 2.21. The lowest BCUT2D eigenvalue weighted by atomic mass is 10.1. The van der Waals surface area contributed by atoms with Gasteiger partial charge in [0.05, 0.1) is 0 Å². The van der Waals surface area contributed by atoms with Gasteiger partial charge in [-0.3, -0.25) is 9.78 Å². The van der Waals surface area contributed by atoms with E-state index >= 15 is 0 Å². The summed E-state index contributed by atoms with van der Waals surface area (Å²) >= 11 is 0. The van der Waals surface area contributed by atoms with E-state index in [1.807, 2.05) is 11.0 Å². The van der Waals surface area contributed by atoms with Crippen molar-refractivity contribution in [2.24, 2.45) is 0 Å². The van der Waals surface area contributed by atoms with Crippen LogP contribution in [-0.4, -0.2) is 60.5 Å². The standard InChI is InChI=1S/C19H23FN4O/c1-23-10-12-24(13-11-23)19(25)18-14-17(7-9-22-18)21-8-6-15-2-4-16(20)5-3-15/h2-5,7,9,14H,6,8,10-13H2,1H3,(H,21,22). The molecule has 0 atom stereocenters. The van der Waals surface area contributed by atoms with Crippen molar-refractivity contribution >= 4 is 11.6 Å². The van der Waals surface area contributed by atoms with Gasteiger partial charge in [0.25, 0.3) is 5.91 Å². The van der Waals surface area contributed by atoms with Gasteiger partial charge < -0.3 is 15.1 Å². The molecule has 0 unspecified atom stereocenters. The highest BCUT2D eigenvalue weighted by molar-refractivity contribution is 5.93. The third-order valence-corrected chi connectivity index (χ3v) is 4.43. The second-order valence-corrected chi connectivity index (χ2v) is 6.33. The van der Waals surface area contributed by atoms with Gasteiger partial charge in [-0.05, 0) is 43.3 Å². The van der Waals surface area contributed by atoms with Gasteiger partial charge in [0.15, 0.2) is 0 Å². The van der Waals surface area contributed by atoms with Crippen LogP contribution in [0.1, 0.15) is 16.1 Å². The number of hydrogen-bond donors (Lipinski definition) is 1. The number of likely N-dealkylation sites (N-methyl/N-ethyl adjacent to an activating group) is 1. The van der Waals surface area contributed by atoms with Crippen LogP contribution in [0.15, 0.2) is 42.6 Å². The predicted molar refractivity (Wildman–Crippen MR) is 96.2 cm³/mol. The number of nitrogens with zero attached hydrogens (tertiary/aromatic N) is 3. The molecule has 1 N–H and O–H groups in total. The maximum atomic E-state index is 12.9. The van der Waals surface area contributed by atoms with Crippen LogP contribution in [0, 0.1) is 5.82 Å². The fourth-order valence-corrected chi connectivity index (χ4v) is 2.83. The lowest BCUT2D eigenvalue weighted by Gasteiger charge is -2.32. The van der Waals surface area contributed by atoms with E-state index in [0.717, 1.165) is 43.9 Å². The molecule has 6 heteroatoms. The van der Waals surface area contributed by atoms with Gasteiger partial charge in [0.2, 0.25) is 0 Å². The number of carbonyl (C=O) groups excluding carboxylic acids is 1. The first-order valence-electron chi connectivity index (χ1n) is 8.54. The van der Waals surface area contributed by atoms with Crippen molar-refractivity contribution in [3.05, 3.63) is 59.7 Å². The Morgan fingerprint density at radius 2 is 1.88 bits per heavy atom. The first-order chi connectivity index (χ1) is 12.1. The number of rotatable bonds is 5. The number of piperazine rings is 1. The Morgan fingerprint density at radius 3 is 2.60 bits per heavy atom. The van der Waals surface area contributed by atoms with Crippen LogP contribution in [0.3, 0.4) is 0 Å². The van der Waals surface area contributed by atoms with E-state index in [9.17, 15) is 9.18 Å². The number of hydrogen-bond acceptors (Lipinski definition) is 4. The second-order valence-electron chi connectivity index (χ2n) is 6.33. The smallest absolute Gasteiger partial charge is 0.272 e. The molecule has 1 saturated heterocycles. The molecule has 0 bridgehead atoms. The molecule has 1 aromatic carbocycles. The van der Waals surface area contributed by atoms with E-state index in [1.54, 1.807) is 24.4 Å². The van der Waals surface area contributed by atoms with Crippen LogP contribution in [0.5, 0.6) is 0 Å². The van der Waals surface area contributed by atoms with E-state index < -0.39 is 0 Å². The van der Waals surface area contributed by atoms with Crippen molar-refractivity contribution in [1.82, 2.24) is 14.8 Å². The summed E-state index contributed by atoms with van der Waals surface area (Å²) < 4.78 is 12.9. The Bertz CT molecular complexity index is 712. The fraction of sp³-hybridized carbons (Fsp3) is 0.368. The summed E-state index contributed by atoms with van der Waals surface area (Å²) in [7, 11) is 2.06. The lowest BCUT2D eigenvalue weighted by Crippen LogP contribution is -2.47. The second kappa shape index (κ2) is 8.07. The average molecular weight is 342 g/mol. The minimum absolute atomic E-state index is 0.0183. The van der Waals surface area contributed by atoms with Crippen molar-refractivity contribution in [3.8, 4) is 0 Å². The van der Waals surface area contributed by atoms with Crippen LogP contribution in [0.4, 0.5) is 10.1 Å². The zero-order chi connectivity index (χ0) is 17.6. The molecule has 132 valence electrons. The van der Waals surface area contributed by atoms with E-state index in [2.05, 4.69) is 22.2 Å². The summed E-state index contributed by atoms with van der Waals surface area (Å²) in [5.41, 5.74) is 2.41. The summed E-state index contributed by atoms with van der Waals surface area (Å²) in [5.74, 6) is -0.242. The Kier molecular flexibility index (Phi) is 5.60. The van der Waals surface area contributed by atoms with Crippen molar-refractivity contribution in [2.45, 2.75) is 6.42 Å². The van der Waals surface area contributed by atoms with Gasteiger partial charge in [-0.15, -0.1) is 0 Å². The SMILES string of the molecule is CN1CCN(C(=O)c2cc(NCCc3ccc(F)cc3)ccn2)CC1. The summed E-state index contributed by atoms with van der Waals surface area (Å²) in [6, 6.07) is 10.2. The van der Waals surface area contributed by atoms with E-state index in [-0.39, 0.29) is 11.7 Å². The third kappa shape index (κ3) is 4.76. The van der Waals surface area contributed by atoms with Crippen molar-refractivity contribution in [3.63, 3.8) is 0 Å². The van der Waals surface area contributed by atoms with Crippen LogP contribution in [0.2, 0.25) is 0 Å². The summed E-state index contributed by atoms with van der Waals surface area (Å²) in [4.78, 5) is 20.9. The summed E-state index contributed by atoms with van der Waals surface area (Å²) in [5, 5.41) is 3.30. The van der Waals surface area contributed by atoms with Crippen molar-refractivity contribution in [1.29, 1.82) is 0 Å². The molecular weight excluding hydrogens is 319 g/mol. The van der Waals surface area contributed by atoms with Gasteiger partial charge in [-0.2, -0.15) is 0 Å². The van der Waals surface area contributed by atoms with Gasteiger partial charge in [-0.25, -0.2) is 4.39 Å². The highest BCUT2D eigenvalue weighted by atomic mass is 19.1. The maximum Gasteiger partial charge on any atom is 0.272 e. The number of benzene rings is 1. The molecule has 2 aromatic rings. The summed E-state index contributed by atoms with van der Waals surface area (Å²) in [6.45, 7) is 3.96. The highest BCUT2D eigenvalue weighted by Crippen LogP contribution is 2.12. The molecular formula is C19H23FN4O. The normalized spacial score (nSPS) is 15.2. The molecule has 1 aliphatic heterocycles. The van der Waals surface area contributed by atoms with E-state index in [1.165, 1.54) is 12.1 Å². The van der Waals surface area contributed by atoms with Gasteiger partial charge in [0.1, 0.15) is 11.5 Å². The first-order valence-corrected chi connectivity index (χ1v) is 8.54. The van der Waals surface area contributed by atoms with Crippen molar-refractivity contribution < 1.29 is 9.18 Å². The zero-order valence-corrected chi connectivity index (χ0v) is 14.4. The minimum Gasteiger partial charge on any atom is -0.385 e. The minimum atomic E-state index is -0.224. The molecule has 1 fully saturated rings. The topological polar surface area (TPSA) is 48.5 Å². The number of amides is 1. The van der Waals surface area contributed by atoms with Crippen LogP contribution in [-0.2, 0) is 6.42 Å². The van der Waals surface area contributed by atoms with Crippen LogP contribution >= 0.6 is 0 Å². The van der Waals surface area contributed by atoms with Crippen molar-refractivity contribution in [2.75, 3.05) is 45.1 Å². The van der Waals surface area contributed by atoms with Crippen LogP contribution in [0.25, 0.3) is 0 Å². The molecule has 0 radical (unpaired) electrons. The molecule has 0 saturated carbocycles. The molecule has 1 aliphatic rings. The molecule has 5 nitrogen and oxygen atoms in total. The monoisotopic (exact) mass is 342 g/mol. The largest absolute Gasteiger partial charge is 0.385 e. The first kappa shape index (κ1) is 17.4.